The van der Waals surface area contributed by atoms with Gasteiger partial charge in [-0.15, -0.1) is 6.58 Å². The Kier molecular flexibility index (Phi) is 4.91. The van der Waals surface area contributed by atoms with Crippen LogP contribution in [0.2, 0.25) is 0 Å². The molecule has 0 saturated heterocycles. The van der Waals surface area contributed by atoms with Gasteiger partial charge in [-0.25, -0.2) is 0 Å². The first-order chi connectivity index (χ1) is 8.43. The molecule has 0 radical (unpaired) electrons. The number of halogens is 3. The molecule has 0 aliphatic carbocycles. The van der Waals surface area contributed by atoms with Crippen molar-refractivity contribution >= 4 is 11.6 Å². The topological polar surface area (TPSA) is 41.1 Å². The van der Waals surface area contributed by atoms with E-state index >= 15 is 0 Å². The van der Waals surface area contributed by atoms with Crippen molar-refractivity contribution in [2.24, 2.45) is 0 Å². The van der Waals surface area contributed by atoms with Crippen molar-refractivity contribution in [1.82, 2.24) is 5.32 Å². The number of nitrogens with one attached hydrogen (secondary N) is 2. The minimum absolute atomic E-state index is 0.121. The fourth-order valence-corrected chi connectivity index (χ4v) is 1.28. The molecule has 0 atom stereocenters. The zero-order chi connectivity index (χ0) is 13.6. The zero-order valence-electron chi connectivity index (χ0n) is 9.55. The average molecular weight is 258 g/mol. The molecule has 0 spiro atoms. The van der Waals surface area contributed by atoms with Crippen LogP contribution in [0.1, 0.15) is 5.56 Å². The minimum atomic E-state index is -4.88. The summed E-state index contributed by atoms with van der Waals surface area (Å²) in [5, 5.41) is 4.81. The molecule has 2 N–H and O–H groups in total. The molecule has 0 aliphatic heterocycles. The standard InChI is InChI=1S/C12H13F3N2O/c1-2-6-16-8-9-4-3-5-10(7-9)17-11(18)12(13,14)15/h2-5,7,16H,1,6,8H2,(H,17,18). The van der Waals surface area contributed by atoms with Crippen LogP contribution in [0, 0.1) is 0 Å². The van der Waals surface area contributed by atoms with Crippen LogP contribution in [-0.4, -0.2) is 18.6 Å². The van der Waals surface area contributed by atoms with Crippen molar-refractivity contribution in [3.05, 3.63) is 42.5 Å². The lowest BCUT2D eigenvalue weighted by molar-refractivity contribution is -0.167. The number of anilines is 1. The quantitative estimate of drug-likeness (QED) is 0.629. The van der Waals surface area contributed by atoms with Gasteiger partial charge in [-0.3, -0.25) is 4.79 Å². The molecule has 0 aromatic heterocycles. The first-order valence-electron chi connectivity index (χ1n) is 5.22. The van der Waals surface area contributed by atoms with E-state index in [4.69, 9.17) is 0 Å². The van der Waals surface area contributed by atoms with E-state index in [9.17, 15) is 18.0 Å². The summed E-state index contributed by atoms with van der Waals surface area (Å²) >= 11 is 0. The number of amides is 1. The van der Waals surface area contributed by atoms with Crippen molar-refractivity contribution in [2.75, 3.05) is 11.9 Å². The number of hydrogen-bond donors (Lipinski definition) is 2. The van der Waals surface area contributed by atoms with Crippen LogP contribution in [0.4, 0.5) is 18.9 Å². The maximum Gasteiger partial charge on any atom is 0.471 e. The maximum atomic E-state index is 12.0. The molecule has 0 fully saturated rings. The Labute approximate surface area is 103 Å². The SMILES string of the molecule is C=CCNCc1cccc(NC(=O)C(F)(F)F)c1. The first kappa shape index (κ1) is 14.2. The van der Waals surface area contributed by atoms with Crippen molar-refractivity contribution in [3.8, 4) is 0 Å². The number of hydrogen-bond acceptors (Lipinski definition) is 2. The van der Waals surface area contributed by atoms with Gasteiger partial charge in [0.15, 0.2) is 0 Å². The lowest BCUT2D eigenvalue weighted by Gasteiger charge is -2.09. The average Bonchev–Trinajstić information content (AvgIpc) is 2.28. The van der Waals surface area contributed by atoms with Crippen molar-refractivity contribution in [1.29, 1.82) is 0 Å². The molecule has 1 aromatic carbocycles. The number of benzene rings is 1. The second-order valence-electron chi connectivity index (χ2n) is 3.57. The predicted molar refractivity (Wildman–Crippen MR) is 63.0 cm³/mol. The fourth-order valence-electron chi connectivity index (χ4n) is 1.28. The Morgan fingerprint density at radius 3 is 2.72 bits per heavy atom. The highest BCUT2D eigenvalue weighted by Gasteiger charge is 2.38. The smallest absolute Gasteiger partial charge is 0.318 e. The van der Waals surface area contributed by atoms with Gasteiger partial charge in [0.05, 0.1) is 0 Å². The summed E-state index contributed by atoms with van der Waals surface area (Å²) in [6, 6.07) is 6.22. The number of rotatable bonds is 5. The van der Waals surface area contributed by atoms with E-state index in [0.717, 1.165) is 5.56 Å². The molecule has 1 rings (SSSR count). The van der Waals surface area contributed by atoms with Crippen LogP contribution in [-0.2, 0) is 11.3 Å². The molecule has 1 amide bonds. The van der Waals surface area contributed by atoms with E-state index in [2.05, 4.69) is 11.9 Å². The molecule has 0 saturated carbocycles. The van der Waals surface area contributed by atoms with Crippen LogP contribution >= 0.6 is 0 Å². The maximum absolute atomic E-state index is 12.0. The summed E-state index contributed by atoms with van der Waals surface area (Å²) < 4.78 is 36.1. The first-order valence-corrected chi connectivity index (χ1v) is 5.22. The third kappa shape index (κ3) is 4.58. The Morgan fingerprint density at radius 2 is 2.11 bits per heavy atom. The van der Waals surface area contributed by atoms with Gasteiger partial charge in [-0.2, -0.15) is 13.2 Å². The van der Waals surface area contributed by atoms with E-state index in [0.29, 0.717) is 13.1 Å². The van der Waals surface area contributed by atoms with E-state index in [1.165, 1.54) is 12.1 Å². The van der Waals surface area contributed by atoms with Gasteiger partial charge >= 0.3 is 12.1 Å². The second-order valence-corrected chi connectivity index (χ2v) is 3.57. The fraction of sp³-hybridized carbons (Fsp3) is 0.250. The van der Waals surface area contributed by atoms with E-state index in [1.54, 1.807) is 23.5 Å². The van der Waals surface area contributed by atoms with E-state index < -0.39 is 12.1 Å². The molecular weight excluding hydrogens is 245 g/mol. The predicted octanol–water partition coefficient (Wildman–Crippen LogP) is 2.46. The monoisotopic (exact) mass is 258 g/mol. The highest BCUT2D eigenvalue weighted by molar-refractivity contribution is 5.94. The molecule has 1 aromatic rings. The van der Waals surface area contributed by atoms with Crippen molar-refractivity contribution in [3.63, 3.8) is 0 Å². The summed E-state index contributed by atoms with van der Waals surface area (Å²) in [4.78, 5) is 10.7. The molecule has 0 unspecified atom stereocenters. The van der Waals surface area contributed by atoms with Crippen LogP contribution in [0.3, 0.4) is 0 Å². The third-order valence-electron chi connectivity index (χ3n) is 2.06. The molecule has 18 heavy (non-hydrogen) atoms. The zero-order valence-corrected chi connectivity index (χ0v) is 9.55. The molecule has 98 valence electrons. The number of carbonyl (C=O) groups excluding carboxylic acids is 1. The third-order valence-corrected chi connectivity index (χ3v) is 2.06. The number of alkyl halides is 3. The highest BCUT2D eigenvalue weighted by Crippen LogP contribution is 2.18. The molecule has 3 nitrogen and oxygen atoms in total. The molecular formula is C12H13F3N2O. The van der Waals surface area contributed by atoms with Crippen LogP contribution in [0.25, 0.3) is 0 Å². The Bertz CT molecular complexity index is 430. The molecule has 6 heteroatoms. The van der Waals surface area contributed by atoms with Gasteiger partial charge in [-0.05, 0) is 17.7 Å². The molecule has 0 bridgehead atoms. The van der Waals surface area contributed by atoms with Gasteiger partial charge in [0, 0.05) is 18.8 Å². The minimum Gasteiger partial charge on any atom is -0.318 e. The van der Waals surface area contributed by atoms with Gasteiger partial charge in [0.1, 0.15) is 0 Å². The van der Waals surface area contributed by atoms with Crippen molar-refractivity contribution < 1.29 is 18.0 Å². The molecule has 0 aliphatic rings. The summed E-state index contributed by atoms with van der Waals surface area (Å²) in [5.41, 5.74) is 0.895. The molecule has 0 heterocycles. The Balaban J connectivity index is 2.64. The van der Waals surface area contributed by atoms with E-state index in [1.807, 2.05) is 0 Å². The van der Waals surface area contributed by atoms with Crippen LogP contribution < -0.4 is 10.6 Å². The largest absolute Gasteiger partial charge is 0.471 e. The normalized spacial score (nSPS) is 11.1. The Hall–Kier alpha value is -1.82. The lowest BCUT2D eigenvalue weighted by atomic mass is 10.2. The van der Waals surface area contributed by atoms with E-state index in [-0.39, 0.29) is 5.69 Å². The van der Waals surface area contributed by atoms with Gasteiger partial charge in [0.25, 0.3) is 0 Å². The Morgan fingerprint density at radius 1 is 1.39 bits per heavy atom. The number of carbonyl (C=O) groups is 1. The second kappa shape index (κ2) is 6.20. The van der Waals surface area contributed by atoms with Gasteiger partial charge in [0.2, 0.25) is 0 Å². The summed E-state index contributed by atoms with van der Waals surface area (Å²) in [5.74, 6) is -1.97. The van der Waals surface area contributed by atoms with Crippen molar-refractivity contribution in [2.45, 2.75) is 12.7 Å². The van der Waals surface area contributed by atoms with Crippen LogP contribution in [0.15, 0.2) is 36.9 Å². The lowest BCUT2D eigenvalue weighted by Crippen LogP contribution is -2.29. The summed E-state index contributed by atoms with van der Waals surface area (Å²) in [7, 11) is 0. The summed E-state index contributed by atoms with van der Waals surface area (Å²) in [6.45, 7) is 4.62. The van der Waals surface area contributed by atoms with Gasteiger partial charge < -0.3 is 10.6 Å². The highest BCUT2D eigenvalue weighted by atomic mass is 19.4. The van der Waals surface area contributed by atoms with Gasteiger partial charge in [-0.1, -0.05) is 18.2 Å². The summed E-state index contributed by atoms with van der Waals surface area (Å²) in [6.07, 6.45) is -3.20. The van der Waals surface area contributed by atoms with Crippen LogP contribution in [0.5, 0.6) is 0 Å².